The van der Waals surface area contributed by atoms with Gasteiger partial charge in [-0.1, -0.05) is 47.8 Å². The minimum atomic E-state index is -0.283. The van der Waals surface area contributed by atoms with Crippen LogP contribution in [0, 0.1) is 5.82 Å². The second-order valence-electron chi connectivity index (χ2n) is 7.04. The van der Waals surface area contributed by atoms with E-state index in [0.717, 1.165) is 32.9 Å². The lowest BCUT2D eigenvalue weighted by molar-refractivity contribution is -0.127. The molecule has 0 unspecified atom stereocenters. The molecule has 0 saturated carbocycles. The van der Waals surface area contributed by atoms with Crippen LogP contribution in [-0.4, -0.2) is 43.4 Å². The Morgan fingerprint density at radius 2 is 1.91 bits per heavy atom. The maximum Gasteiger partial charge on any atom is 0.233 e. The number of rotatable bonds is 9. The number of hydrogen-bond donors (Lipinski definition) is 0. The number of para-hydroxylation sites is 1. The van der Waals surface area contributed by atoms with E-state index >= 15 is 0 Å². The lowest BCUT2D eigenvalue weighted by Gasteiger charge is -2.17. The molecule has 0 aliphatic rings. The van der Waals surface area contributed by atoms with Crippen LogP contribution in [0.2, 0.25) is 0 Å². The molecular weight excluding hydrogens is 465 g/mol. The Morgan fingerprint density at radius 3 is 2.66 bits per heavy atom. The van der Waals surface area contributed by atoms with Crippen LogP contribution in [0.3, 0.4) is 0 Å². The Kier molecular flexibility index (Phi) is 7.44. The zero-order valence-electron chi connectivity index (χ0n) is 17.7. The summed E-state index contributed by atoms with van der Waals surface area (Å²) >= 11 is 4.70. The highest BCUT2D eigenvalue weighted by Gasteiger charge is 2.16. The third-order valence-electron chi connectivity index (χ3n) is 4.79. The molecule has 0 fully saturated rings. The topological polar surface area (TPSA) is 63.9 Å². The Hall–Kier alpha value is -2.43. The molecule has 0 N–H and O–H groups in total. The average molecular weight is 488 g/mol. The van der Waals surface area contributed by atoms with E-state index in [0.29, 0.717) is 12.3 Å². The summed E-state index contributed by atoms with van der Waals surface area (Å²) < 4.78 is 17.3. The summed E-state index contributed by atoms with van der Waals surface area (Å²) in [6, 6.07) is 14.3. The van der Waals surface area contributed by atoms with Crippen LogP contribution in [0.1, 0.15) is 18.3 Å². The molecule has 166 valence electrons. The van der Waals surface area contributed by atoms with Crippen LogP contribution in [-0.2, 0) is 23.6 Å². The number of nitrogens with zero attached hydrogens (tertiary/aromatic N) is 5. The van der Waals surface area contributed by atoms with Crippen molar-refractivity contribution >= 4 is 51.0 Å². The molecule has 0 spiro atoms. The summed E-state index contributed by atoms with van der Waals surface area (Å²) in [5.74, 6) is 1.50. The highest BCUT2D eigenvalue weighted by atomic mass is 32.2. The van der Waals surface area contributed by atoms with Gasteiger partial charge in [0.2, 0.25) is 5.91 Å². The van der Waals surface area contributed by atoms with Crippen LogP contribution < -0.4 is 0 Å². The summed E-state index contributed by atoms with van der Waals surface area (Å²) in [5, 5.41) is 9.38. The standard InChI is InChI=1S/C22H22FN5OS3/c1-3-28-19(13-31-22-24-17-6-4-5-7-18(17)32-22)25-26-21(28)30-14-20(29)27(2)12-15-8-10-16(23)11-9-15/h4-11H,3,12-14H2,1-2H3. The first-order valence-electron chi connectivity index (χ1n) is 10.0. The number of benzene rings is 2. The largest absolute Gasteiger partial charge is 0.341 e. The van der Waals surface area contributed by atoms with Crippen molar-refractivity contribution in [3.63, 3.8) is 0 Å². The van der Waals surface area contributed by atoms with Gasteiger partial charge in [-0.05, 0) is 36.8 Å². The van der Waals surface area contributed by atoms with Crippen molar-refractivity contribution < 1.29 is 9.18 Å². The molecule has 0 aliphatic carbocycles. The highest BCUT2D eigenvalue weighted by Crippen LogP contribution is 2.31. The number of halogens is 1. The van der Waals surface area contributed by atoms with Gasteiger partial charge in [0.05, 0.1) is 21.7 Å². The van der Waals surface area contributed by atoms with Gasteiger partial charge in [0.25, 0.3) is 0 Å². The molecule has 6 nitrogen and oxygen atoms in total. The zero-order valence-corrected chi connectivity index (χ0v) is 20.1. The summed E-state index contributed by atoms with van der Waals surface area (Å²) in [7, 11) is 1.75. The SMILES string of the molecule is CCn1c(CSc2nc3ccccc3s2)nnc1SCC(=O)N(C)Cc1ccc(F)cc1. The third-order valence-corrected chi connectivity index (χ3v) is 7.92. The summed E-state index contributed by atoms with van der Waals surface area (Å²) in [4.78, 5) is 18.8. The van der Waals surface area contributed by atoms with Crippen molar-refractivity contribution in [3.8, 4) is 0 Å². The van der Waals surface area contributed by atoms with Crippen molar-refractivity contribution in [1.82, 2.24) is 24.6 Å². The first-order chi connectivity index (χ1) is 15.5. The molecule has 2 aromatic heterocycles. The molecular formula is C22H22FN5OS3. The van der Waals surface area contributed by atoms with Gasteiger partial charge in [0.15, 0.2) is 9.50 Å². The van der Waals surface area contributed by atoms with Crippen LogP contribution in [0.25, 0.3) is 10.2 Å². The minimum Gasteiger partial charge on any atom is -0.341 e. The molecule has 4 rings (SSSR count). The van der Waals surface area contributed by atoms with Gasteiger partial charge in [0.1, 0.15) is 11.6 Å². The van der Waals surface area contributed by atoms with E-state index < -0.39 is 0 Å². The molecule has 0 bridgehead atoms. The van der Waals surface area contributed by atoms with E-state index in [2.05, 4.69) is 21.2 Å². The number of carbonyl (C=O) groups is 1. The Bertz CT molecular complexity index is 1170. The van der Waals surface area contributed by atoms with Gasteiger partial charge in [0, 0.05) is 20.1 Å². The third kappa shape index (κ3) is 5.48. The second kappa shape index (κ2) is 10.5. The van der Waals surface area contributed by atoms with E-state index in [1.165, 1.54) is 28.6 Å². The molecule has 0 saturated heterocycles. The average Bonchev–Trinajstić information content (AvgIpc) is 3.40. The number of hydrogen-bond acceptors (Lipinski definition) is 7. The predicted octanol–water partition coefficient (Wildman–Crippen LogP) is 5.09. The van der Waals surface area contributed by atoms with Gasteiger partial charge in [-0.3, -0.25) is 4.79 Å². The van der Waals surface area contributed by atoms with Gasteiger partial charge in [-0.25, -0.2) is 9.37 Å². The molecule has 4 aromatic rings. The number of thiazole rings is 1. The normalized spacial score (nSPS) is 11.2. The smallest absolute Gasteiger partial charge is 0.233 e. The fraction of sp³-hybridized carbons (Fsp3) is 0.273. The minimum absolute atomic E-state index is 0.0182. The fourth-order valence-electron chi connectivity index (χ4n) is 3.08. The van der Waals surface area contributed by atoms with Gasteiger partial charge >= 0.3 is 0 Å². The summed E-state index contributed by atoms with van der Waals surface area (Å²) in [5.41, 5.74) is 1.90. The molecule has 0 radical (unpaired) electrons. The molecule has 2 aromatic carbocycles. The molecule has 0 atom stereocenters. The lowest BCUT2D eigenvalue weighted by atomic mass is 10.2. The van der Waals surface area contributed by atoms with Crippen molar-refractivity contribution in [2.75, 3.05) is 12.8 Å². The Labute approximate surface area is 198 Å². The Balaban J connectivity index is 1.33. The molecule has 10 heteroatoms. The van der Waals surface area contributed by atoms with E-state index in [9.17, 15) is 9.18 Å². The van der Waals surface area contributed by atoms with Crippen molar-refractivity contribution in [1.29, 1.82) is 0 Å². The number of amides is 1. The van der Waals surface area contributed by atoms with Crippen LogP contribution in [0.15, 0.2) is 58.0 Å². The maximum absolute atomic E-state index is 13.1. The molecule has 2 heterocycles. The van der Waals surface area contributed by atoms with E-state index in [1.54, 1.807) is 47.2 Å². The van der Waals surface area contributed by atoms with Crippen molar-refractivity contribution in [3.05, 3.63) is 65.7 Å². The zero-order chi connectivity index (χ0) is 22.5. The first kappa shape index (κ1) is 22.8. The monoisotopic (exact) mass is 487 g/mol. The van der Waals surface area contributed by atoms with E-state index in [-0.39, 0.29) is 17.5 Å². The van der Waals surface area contributed by atoms with Crippen molar-refractivity contribution in [2.24, 2.45) is 0 Å². The first-order valence-corrected chi connectivity index (χ1v) is 12.8. The second-order valence-corrected chi connectivity index (χ2v) is 10.2. The van der Waals surface area contributed by atoms with Crippen molar-refractivity contribution in [2.45, 2.75) is 35.3 Å². The van der Waals surface area contributed by atoms with Gasteiger partial charge in [-0.15, -0.1) is 21.5 Å². The quantitative estimate of drug-likeness (QED) is 0.307. The summed E-state index contributed by atoms with van der Waals surface area (Å²) in [6.07, 6.45) is 0. The van der Waals surface area contributed by atoms with E-state index in [1.807, 2.05) is 29.7 Å². The highest BCUT2D eigenvalue weighted by molar-refractivity contribution is 8.00. The number of thioether (sulfide) groups is 2. The van der Waals surface area contributed by atoms with Gasteiger partial charge < -0.3 is 9.47 Å². The molecule has 1 amide bonds. The Morgan fingerprint density at radius 1 is 1.12 bits per heavy atom. The predicted molar refractivity (Wildman–Crippen MR) is 128 cm³/mol. The number of fused-ring (bicyclic) bond motifs is 1. The van der Waals surface area contributed by atoms with Gasteiger partial charge in [-0.2, -0.15) is 0 Å². The van der Waals surface area contributed by atoms with Crippen LogP contribution in [0.4, 0.5) is 4.39 Å². The summed E-state index contributed by atoms with van der Waals surface area (Å²) in [6.45, 7) is 3.20. The number of carbonyl (C=O) groups excluding carboxylic acids is 1. The number of aromatic nitrogens is 4. The fourth-order valence-corrected chi connectivity index (χ4v) is 6.05. The lowest BCUT2D eigenvalue weighted by Crippen LogP contribution is -2.27. The van der Waals surface area contributed by atoms with E-state index in [4.69, 9.17) is 0 Å². The molecule has 0 aliphatic heterocycles. The van der Waals surface area contributed by atoms with Crippen LogP contribution >= 0.6 is 34.9 Å². The van der Waals surface area contributed by atoms with Crippen LogP contribution in [0.5, 0.6) is 0 Å². The molecule has 32 heavy (non-hydrogen) atoms. The maximum atomic E-state index is 13.1.